The highest BCUT2D eigenvalue weighted by molar-refractivity contribution is 5.77. The smallest absolute Gasteiger partial charge is 0.226 e. The molecule has 1 N–H and O–H groups in total. The van der Waals surface area contributed by atoms with Crippen LogP contribution < -0.4 is 19.5 Å². The molecule has 0 radical (unpaired) electrons. The molecule has 2 aromatic carbocycles. The molecule has 0 aliphatic carbocycles. The summed E-state index contributed by atoms with van der Waals surface area (Å²) in [5, 5.41) is 7.72. The van der Waals surface area contributed by atoms with Crippen LogP contribution in [0.5, 0.6) is 17.2 Å². The summed E-state index contributed by atoms with van der Waals surface area (Å²) < 4.78 is 18.3. The van der Waals surface area contributed by atoms with Crippen molar-refractivity contribution in [3.63, 3.8) is 0 Å². The summed E-state index contributed by atoms with van der Waals surface area (Å²) in [6.45, 7) is 0. The fraction of sp³-hybridized carbons (Fsp3) is 0.200. The van der Waals surface area contributed by atoms with Gasteiger partial charge in [0.25, 0.3) is 0 Å². The predicted octanol–water partition coefficient (Wildman–Crippen LogP) is 3.36. The van der Waals surface area contributed by atoms with Crippen molar-refractivity contribution in [1.29, 1.82) is 0 Å². The highest BCUT2D eigenvalue weighted by atomic mass is 16.5. The van der Waals surface area contributed by atoms with Gasteiger partial charge in [-0.15, -0.1) is 0 Å². The number of hydrogen-bond donors (Lipinski definition) is 1. The number of nitrogens with one attached hydrogen (secondary N) is 1. The van der Waals surface area contributed by atoms with E-state index in [0.29, 0.717) is 23.2 Å². The van der Waals surface area contributed by atoms with Crippen LogP contribution in [0.2, 0.25) is 0 Å². The van der Waals surface area contributed by atoms with E-state index < -0.39 is 0 Å². The van der Waals surface area contributed by atoms with Gasteiger partial charge in [-0.25, -0.2) is 4.68 Å². The van der Waals surface area contributed by atoms with Crippen LogP contribution in [0, 0.1) is 0 Å². The molecule has 138 valence electrons. The predicted molar refractivity (Wildman–Crippen MR) is 102 cm³/mol. The first-order valence-electron chi connectivity index (χ1n) is 8.48. The Morgan fingerprint density at radius 2 is 1.67 bits per heavy atom. The molecule has 0 amide bonds. The first kappa shape index (κ1) is 17.0. The number of fused-ring (bicyclic) bond motifs is 1. The number of rotatable bonds is 5. The summed E-state index contributed by atoms with van der Waals surface area (Å²) >= 11 is 0. The second-order valence-corrected chi connectivity index (χ2v) is 6.00. The van der Waals surface area contributed by atoms with Crippen LogP contribution in [-0.4, -0.2) is 36.1 Å². The largest absolute Gasteiger partial charge is 0.493 e. The molecule has 0 spiro atoms. The van der Waals surface area contributed by atoms with Gasteiger partial charge in [0, 0.05) is 5.70 Å². The van der Waals surface area contributed by atoms with Gasteiger partial charge in [0.2, 0.25) is 11.7 Å². The van der Waals surface area contributed by atoms with Crippen LogP contribution in [0.4, 0.5) is 5.95 Å². The normalized spacial score (nSPS) is 15.4. The van der Waals surface area contributed by atoms with E-state index in [4.69, 9.17) is 14.2 Å². The number of allylic oxidation sites excluding steroid dienone is 1. The van der Waals surface area contributed by atoms with Gasteiger partial charge in [-0.1, -0.05) is 30.3 Å². The maximum Gasteiger partial charge on any atom is 0.226 e. The van der Waals surface area contributed by atoms with Gasteiger partial charge in [-0.05, 0) is 29.3 Å². The van der Waals surface area contributed by atoms with Gasteiger partial charge in [0.05, 0.1) is 21.3 Å². The molecule has 1 aliphatic heterocycles. The summed E-state index contributed by atoms with van der Waals surface area (Å²) in [4.78, 5) is 4.34. The summed E-state index contributed by atoms with van der Waals surface area (Å²) in [6, 6.07) is 13.8. The van der Waals surface area contributed by atoms with Crippen LogP contribution in [0.3, 0.4) is 0 Å². The maximum atomic E-state index is 5.50. The molecule has 4 rings (SSSR count). The summed E-state index contributed by atoms with van der Waals surface area (Å²) in [5.41, 5.74) is 2.99. The lowest BCUT2D eigenvalue weighted by Crippen LogP contribution is -2.20. The van der Waals surface area contributed by atoms with Gasteiger partial charge in [0.1, 0.15) is 12.4 Å². The van der Waals surface area contributed by atoms with Crippen molar-refractivity contribution in [3.05, 3.63) is 66.0 Å². The van der Waals surface area contributed by atoms with E-state index in [2.05, 4.69) is 33.6 Å². The van der Waals surface area contributed by atoms with Crippen molar-refractivity contribution in [2.45, 2.75) is 6.04 Å². The molecule has 1 aliphatic rings. The van der Waals surface area contributed by atoms with E-state index in [-0.39, 0.29) is 6.04 Å². The standard InChI is InChI=1S/C20H20N4O3/c1-25-17-9-14(10-18(26-2)19(17)27-3)16-11-15(13-7-5-4-6-8-13)23-20-21-12-22-24(16)20/h4-12,16H,1-3H3,(H,21,22,23)/t16-/m0/s1. The molecule has 2 heterocycles. The minimum Gasteiger partial charge on any atom is -0.493 e. The Kier molecular flexibility index (Phi) is 4.42. The van der Waals surface area contributed by atoms with E-state index in [1.807, 2.05) is 35.0 Å². The zero-order valence-electron chi connectivity index (χ0n) is 15.3. The fourth-order valence-electron chi connectivity index (χ4n) is 3.23. The number of aromatic nitrogens is 3. The Labute approximate surface area is 157 Å². The minimum absolute atomic E-state index is 0.173. The van der Waals surface area contributed by atoms with Gasteiger partial charge in [-0.3, -0.25) is 0 Å². The van der Waals surface area contributed by atoms with Crippen LogP contribution in [0.15, 0.2) is 54.9 Å². The van der Waals surface area contributed by atoms with Gasteiger partial charge < -0.3 is 19.5 Å². The first-order chi connectivity index (χ1) is 13.2. The first-order valence-corrected chi connectivity index (χ1v) is 8.48. The van der Waals surface area contributed by atoms with E-state index in [9.17, 15) is 0 Å². The Hall–Kier alpha value is -3.48. The summed E-state index contributed by atoms with van der Waals surface area (Å²) in [5.74, 6) is 2.43. The molecule has 3 aromatic rings. The quantitative estimate of drug-likeness (QED) is 0.749. The lowest BCUT2D eigenvalue weighted by molar-refractivity contribution is 0.323. The van der Waals surface area contributed by atoms with Crippen molar-refractivity contribution < 1.29 is 14.2 Å². The summed E-state index contributed by atoms with van der Waals surface area (Å²) in [7, 11) is 4.80. The van der Waals surface area contributed by atoms with Crippen molar-refractivity contribution >= 4 is 11.6 Å². The maximum absolute atomic E-state index is 5.50. The molecule has 7 nitrogen and oxygen atoms in total. The van der Waals surface area contributed by atoms with E-state index in [1.165, 1.54) is 6.33 Å². The topological polar surface area (TPSA) is 70.4 Å². The van der Waals surface area contributed by atoms with Crippen molar-refractivity contribution in [2.75, 3.05) is 26.6 Å². The zero-order chi connectivity index (χ0) is 18.8. The third kappa shape index (κ3) is 2.97. The monoisotopic (exact) mass is 364 g/mol. The van der Waals surface area contributed by atoms with E-state index in [0.717, 1.165) is 16.8 Å². The molecule has 27 heavy (non-hydrogen) atoms. The average molecular weight is 364 g/mol. The third-order valence-corrected chi connectivity index (χ3v) is 4.52. The highest BCUT2D eigenvalue weighted by Crippen LogP contribution is 2.42. The SMILES string of the molecule is COc1cc([C@@H]2C=C(c3ccccc3)Nc3ncnn32)cc(OC)c1OC. The van der Waals surface area contributed by atoms with Crippen molar-refractivity contribution in [3.8, 4) is 17.2 Å². The summed E-state index contributed by atoms with van der Waals surface area (Å²) in [6.07, 6.45) is 3.65. The number of ether oxygens (including phenoxy) is 3. The molecule has 1 aromatic heterocycles. The van der Waals surface area contributed by atoms with Crippen molar-refractivity contribution in [1.82, 2.24) is 14.8 Å². The van der Waals surface area contributed by atoms with Crippen LogP contribution >= 0.6 is 0 Å². The molecular formula is C20H20N4O3. The van der Waals surface area contributed by atoms with Crippen LogP contribution in [-0.2, 0) is 0 Å². The number of nitrogens with zero attached hydrogens (tertiary/aromatic N) is 3. The molecule has 0 fully saturated rings. The number of anilines is 1. The number of benzene rings is 2. The molecular weight excluding hydrogens is 344 g/mol. The second kappa shape index (κ2) is 7.03. The fourth-order valence-corrected chi connectivity index (χ4v) is 3.23. The minimum atomic E-state index is -0.173. The lowest BCUT2D eigenvalue weighted by atomic mass is 10.0. The Morgan fingerprint density at radius 3 is 2.30 bits per heavy atom. The Bertz CT molecular complexity index is 957. The average Bonchev–Trinajstić information content (AvgIpc) is 3.21. The molecule has 0 unspecified atom stereocenters. The molecule has 1 atom stereocenters. The Morgan fingerprint density at radius 1 is 0.963 bits per heavy atom. The highest BCUT2D eigenvalue weighted by Gasteiger charge is 2.26. The lowest BCUT2D eigenvalue weighted by Gasteiger charge is -2.25. The number of methoxy groups -OCH3 is 3. The Balaban J connectivity index is 1.86. The second-order valence-electron chi connectivity index (χ2n) is 6.00. The molecule has 0 saturated carbocycles. The zero-order valence-corrected chi connectivity index (χ0v) is 15.3. The van der Waals surface area contributed by atoms with Crippen LogP contribution in [0.25, 0.3) is 5.70 Å². The molecule has 0 bridgehead atoms. The molecule has 0 saturated heterocycles. The van der Waals surface area contributed by atoms with Gasteiger partial charge >= 0.3 is 0 Å². The van der Waals surface area contributed by atoms with Gasteiger partial charge in [-0.2, -0.15) is 10.1 Å². The van der Waals surface area contributed by atoms with Crippen LogP contribution in [0.1, 0.15) is 17.2 Å². The van der Waals surface area contributed by atoms with Crippen molar-refractivity contribution in [2.24, 2.45) is 0 Å². The number of hydrogen-bond acceptors (Lipinski definition) is 6. The van der Waals surface area contributed by atoms with E-state index in [1.54, 1.807) is 21.3 Å². The van der Waals surface area contributed by atoms with E-state index >= 15 is 0 Å². The van der Waals surface area contributed by atoms with Gasteiger partial charge in [0.15, 0.2) is 11.5 Å². The molecule has 7 heteroatoms. The third-order valence-electron chi connectivity index (χ3n) is 4.52.